The van der Waals surface area contributed by atoms with Crippen molar-refractivity contribution in [2.45, 2.75) is 31.6 Å². The molecule has 172 valence electrons. The summed E-state index contributed by atoms with van der Waals surface area (Å²) in [6.45, 7) is 1.72. The van der Waals surface area contributed by atoms with Crippen molar-refractivity contribution < 1.29 is 32.9 Å². The van der Waals surface area contributed by atoms with E-state index in [9.17, 15) is 18.7 Å². The van der Waals surface area contributed by atoms with Crippen LogP contribution < -0.4 is 9.47 Å². The van der Waals surface area contributed by atoms with Gasteiger partial charge in [-0.25, -0.2) is 13.6 Å². The Bertz CT molecular complexity index is 985. The van der Waals surface area contributed by atoms with Gasteiger partial charge in [-0.3, -0.25) is 4.90 Å². The van der Waals surface area contributed by atoms with Gasteiger partial charge in [-0.1, -0.05) is 6.07 Å². The smallest absolute Gasteiger partial charge is 0.337 e. The van der Waals surface area contributed by atoms with Gasteiger partial charge in [0.05, 0.1) is 25.9 Å². The van der Waals surface area contributed by atoms with E-state index in [0.717, 1.165) is 6.07 Å². The zero-order valence-corrected chi connectivity index (χ0v) is 18.1. The van der Waals surface area contributed by atoms with Crippen molar-refractivity contribution in [3.8, 4) is 11.5 Å². The van der Waals surface area contributed by atoms with Gasteiger partial charge in [-0.15, -0.1) is 0 Å². The van der Waals surface area contributed by atoms with E-state index >= 15 is 0 Å². The van der Waals surface area contributed by atoms with Crippen LogP contribution in [0.2, 0.25) is 0 Å². The summed E-state index contributed by atoms with van der Waals surface area (Å²) >= 11 is 0. The van der Waals surface area contributed by atoms with E-state index in [1.54, 1.807) is 24.3 Å². The molecule has 1 saturated heterocycles. The lowest BCUT2D eigenvalue weighted by atomic mass is 9.78. The number of aliphatic hydroxyl groups is 1. The summed E-state index contributed by atoms with van der Waals surface area (Å²) in [5.74, 6) is -0.603. The number of halogens is 2. The summed E-state index contributed by atoms with van der Waals surface area (Å²) in [5, 5.41) is 10.7. The summed E-state index contributed by atoms with van der Waals surface area (Å²) in [5.41, 5.74) is 0.670. The lowest BCUT2D eigenvalue weighted by molar-refractivity contribution is -0.0231. The lowest BCUT2D eigenvalue weighted by Gasteiger charge is -2.35. The van der Waals surface area contributed by atoms with Crippen LogP contribution in [0.3, 0.4) is 0 Å². The fourth-order valence-electron chi connectivity index (χ4n) is 4.82. The molecule has 6 nitrogen and oxygen atoms in total. The fraction of sp³-hybridized carbons (Fsp3) is 0.458. The van der Waals surface area contributed by atoms with Crippen LogP contribution in [0, 0.1) is 23.5 Å². The quantitative estimate of drug-likeness (QED) is 0.685. The topological polar surface area (TPSA) is 68.2 Å². The number of esters is 1. The molecule has 0 bridgehead atoms. The minimum Gasteiger partial charge on any atom is -0.494 e. The summed E-state index contributed by atoms with van der Waals surface area (Å²) in [6.07, 6.45) is 0.166. The van der Waals surface area contributed by atoms with Gasteiger partial charge in [-0.2, -0.15) is 0 Å². The molecule has 0 radical (unpaired) electrons. The maximum Gasteiger partial charge on any atom is 0.337 e. The SMILES string of the molecule is COC(=O)c1cccc(O[C@@H]2C[C@@H]3CN(Cc4cc(F)c(OC)cc4F)C[C@@H]3C[C@H]2O)c1. The van der Waals surface area contributed by atoms with Crippen molar-refractivity contribution in [2.24, 2.45) is 11.8 Å². The maximum atomic E-state index is 14.4. The van der Waals surface area contributed by atoms with Crippen molar-refractivity contribution in [3.63, 3.8) is 0 Å². The number of methoxy groups -OCH3 is 2. The third kappa shape index (κ3) is 4.71. The van der Waals surface area contributed by atoms with Crippen LogP contribution in [0.25, 0.3) is 0 Å². The Hall–Kier alpha value is -2.71. The molecule has 2 aromatic rings. The van der Waals surface area contributed by atoms with Crippen LogP contribution >= 0.6 is 0 Å². The number of aliphatic hydroxyl groups excluding tert-OH is 1. The molecule has 4 atom stereocenters. The van der Waals surface area contributed by atoms with E-state index in [2.05, 4.69) is 4.90 Å². The molecule has 1 aliphatic carbocycles. The molecule has 1 saturated carbocycles. The van der Waals surface area contributed by atoms with Gasteiger partial charge in [0.25, 0.3) is 0 Å². The second-order valence-electron chi connectivity index (χ2n) is 8.51. The number of fused-ring (bicyclic) bond motifs is 1. The average Bonchev–Trinajstić information content (AvgIpc) is 3.16. The number of carbonyl (C=O) groups is 1. The highest BCUT2D eigenvalue weighted by Gasteiger charge is 2.42. The van der Waals surface area contributed by atoms with Crippen LogP contribution in [0.1, 0.15) is 28.8 Å². The summed E-state index contributed by atoms with van der Waals surface area (Å²) < 4.78 is 44.0. The first kappa shape index (κ1) is 22.5. The predicted octanol–water partition coefficient (Wildman–Crippen LogP) is 3.41. The number of hydrogen-bond acceptors (Lipinski definition) is 6. The van der Waals surface area contributed by atoms with Gasteiger partial charge in [-0.05, 0) is 48.9 Å². The second kappa shape index (κ2) is 9.42. The average molecular weight is 447 g/mol. The van der Waals surface area contributed by atoms with Gasteiger partial charge in [0.15, 0.2) is 11.6 Å². The van der Waals surface area contributed by atoms with E-state index in [0.29, 0.717) is 43.8 Å². The first-order valence-corrected chi connectivity index (χ1v) is 10.6. The molecule has 2 aliphatic rings. The Morgan fingerprint density at radius 1 is 1.09 bits per heavy atom. The maximum absolute atomic E-state index is 14.4. The van der Waals surface area contributed by atoms with E-state index < -0.39 is 29.8 Å². The Kier molecular flexibility index (Phi) is 6.62. The van der Waals surface area contributed by atoms with E-state index in [4.69, 9.17) is 14.2 Å². The minimum absolute atomic E-state index is 0.110. The number of rotatable bonds is 6. The number of carbonyl (C=O) groups excluding carboxylic acids is 1. The molecule has 8 heteroatoms. The van der Waals surface area contributed by atoms with Crippen LogP contribution in [-0.2, 0) is 11.3 Å². The number of ether oxygens (including phenoxy) is 3. The summed E-state index contributed by atoms with van der Waals surface area (Å²) in [4.78, 5) is 13.8. The monoisotopic (exact) mass is 447 g/mol. The first-order valence-electron chi connectivity index (χ1n) is 10.6. The predicted molar refractivity (Wildman–Crippen MR) is 113 cm³/mol. The molecule has 2 aromatic carbocycles. The molecule has 1 heterocycles. The van der Waals surface area contributed by atoms with Crippen LogP contribution in [0.5, 0.6) is 11.5 Å². The van der Waals surface area contributed by atoms with Gasteiger partial charge in [0, 0.05) is 31.3 Å². The summed E-state index contributed by atoms with van der Waals surface area (Å²) in [6, 6.07) is 8.95. The Morgan fingerprint density at radius 3 is 2.56 bits per heavy atom. The van der Waals surface area contributed by atoms with E-state index in [1.807, 2.05) is 0 Å². The number of benzene rings is 2. The van der Waals surface area contributed by atoms with Gasteiger partial charge >= 0.3 is 5.97 Å². The van der Waals surface area contributed by atoms with Gasteiger partial charge < -0.3 is 19.3 Å². The third-order valence-corrected chi connectivity index (χ3v) is 6.42. The molecule has 1 aliphatic heterocycles. The molecular formula is C24H27F2NO5. The Morgan fingerprint density at radius 2 is 1.84 bits per heavy atom. The molecule has 0 aromatic heterocycles. The largest absolute Gasteiger partial charge is 0.494 e. The standard InChI is InChI=1S/C24H27F2NO5/c1-30-22-10-19(25)17(7-20(22)26)13-27-11-15-8-21(28)23(9-16(15)12-27)32-18-5-3-4-14(6-18)24(29)31-2/h3-7,10,15-16,21,23,28H,8-9,11-13H2,1-2H3/t15-,16+,21+,23+/m0/s1. The minimum atomic E-state index is -0.645. The van der Waals surface area contributed by atoms with E-state index in [1.165, 1.54) is 20.3 Å². The first-order chi connectivity index (χ1) is 15.4. The highest BCUT2D eigenvalue weighted by Crippen LogP contribution is 2.39. The zero-order chi connectivity index (χ0) is 22.8. The summed E-state index contributed by atoms with van der Waals surface area (Å²) in [7, 11) is 2.62. The number of nitrogens with zero attached hydrogens (tertiary/aromatic N) is 1. The number of likely N-dealkylation sites (tertiary alicyclic amines) is 1. The number of hydrogen-bond donors (Lipinski definition) is 1. The normalized spacial score (nSPS) is 25.3. The van der Waals surface area contributed by atoms with Crippen LogP contribution in [0.4, 0.5) is 8.78 Å². The highest BCUT2D eigenvalue weighted by atomic mass is 19.1. The van der Waals surface area contributed by atoms with Crippen molar-refractivity contribution >= 4 is 5.97 Å². The van der Waals surface area contributed by atoms with Crippen molar-refractivity contribution in [2.75, 3.05) is 27.3 Å². The highest BCUT2D eigenvalue weighted by molar-refractivity contribution is 5.89. The van der Waals surface area contributed by atoms with Gasteiger partial charge in [0.2, 0.25) is 0 Å². The van der Waals surface area contributed by atoms with Crippen LogP contribution in [-0.4, -0.2) is 55.5 Å². The molecular weight excluding hydrogens is 420 g/mol. The van der Waals surface area contributed by atoms with E-state index in [-0.39, 0.29) is 23.1 Å². The molecule has 0 spiro atoms. The molecule has 0 unspecified atom stereocenters. The molecule has 0 amide bonds. The molecule has 32 heavy (non-hydrogen) atoms. The van der Waals surface area contributed by atoms with Crippen molar-refractivity contribution in [3.05, 3.63) is 59.2 Å². The van der Waals surface area contributed by atoms with Crippen molar-refractivity contribution in [1.29, 1.82) is 0 Å². The second-order valence-corrected chi connectivity index (χ2v) is 8.51. The molecule has 1 N–H and O–H groups in total. The van der Waals surface area contributed by atoms with Crippen molar-refractivity contribution in [1.82, 2.24) is 4.90 Å². The van der Waals surface area contributed by atoms with Gasteiger partial charge in [0.1, 0.15) is 17.7 Å². The Labute approximate surface area is 185 Å². The zero-order valence-electron chi connectivity index (χ0n) is 18.1. The van der Waals surface area contributed by atoms with Crippen LogP contribution in [0.15, 0.2) is 36.4 Å². The molecule has 4 rings (SSSR count). The fourth-order valence-corrected chi connectivity index (χ4v) is 4.82. The molecule has 2 fully saturated rings. The third-order valence-electron chi connectivity index (χ3n) is 6.42. The Balaban J connectivity index is 1.40. The lowest BCUT2D eigenvalue weighted by Crippen LogP contribution is -2.42.